The summed E-state index contributed by atoms with van der Waals surface area (Å²) in [6, 6.07) is 0.154. The number of hydrogen-bond acceptors (Lipinski definition) is 4. The first kappa shape index (κ1) is 7.53. The number of hydrogen-bond donors (Lipinski definition) is 2. The molecule has 0 saturated heterocycles. The minimum absolute atomic E-state index is 0.149. The van der Waals surface area contributed by atoms with E-state index in [-0.39, 0.29) is 11.8 Å². The molecule has 0 aliphatic carbocycles. The second-order valence-corrected chi connectivity index (χ2v) is 2.22. The standard InChI is InChI=1S/C7H6N4O2/c12-6(5-8-1-2-9-5)13-7-10-3-4-11-7/h1-4H,(H,8,9)(H,10,11). The van der Waals surface area contributed by atoms with Gasteiger partial charge in [0.05, 0.1) is 0 Å². The average molecular weight is 178 g/mol. The summed E-state index contributed by atoms with van der Waals surface area (Å²) in [6.45, 7) is 0. The van der Waals surface area contributed by atoms with Crippen LogP contribution in [0.25, 0.3) is 0 Å². The molecule has 0 aromatic carbocycles. The lowest BCUT2D eigenvalue weighted by molar-refractivity contribution is 0.0709. The number of ether oxygens (including phenoxy) is 1. The van der Waals surface area contributed by atoms with E-state index in [1.54, 1.807) is 12.4 Å². The van der Waals surface area contributed by atoms with E-state index in [2.05, 4.69) is 19.9 Å². The summed E-state index contributed by atoms with van der Waals surface area (Å²) in [5.74, 6) is -0.420. The third kappa shape index (κ3) is 1.56. The molecule has 0 atom stereocenters. The third-order valence-electron chi connectivity index (χ3n) is 1.35. The van der Waals surface area contributed by atoms with Gasteiger partial charge in [-0.25, -0.2) is 14.8 Å². The number of imidazole rings is 2. The lowest BCUT2D eigenvalue weighted by Gasteiger charge is -1.95. The van der Waals surface area contributed by atoms with Crippen LogP contribution in [0.2, 0.25) is 0 Å². The van der Waals surface area contributed by atoms with E-state index < -0.39 is 5.97 Å². The van der Waals surface area contributed by atoms with E-state index in [0.717, 1.165) is 0 Å². The summed E-state index contributed by atoms with van der Waals surface area (Å²) in [4.78, 5) is 23.9. The monoisotopic (exact) mass is 178 g/mol. The molecule has 0 fully saturated rings. The van der Waals surface area contributed by atoms with Crippen molar-refractivity contribution in [2.24, 2.45) is 0 Å². The van der Waals surface area contributed by atoms with Crippen LogP contribution in [-0.2, 0) is 0 Å². The molecule has 2 aromatic heterocycles. The van der Waals surface area contributed by atoms with Crippen molar-refractivity contribution in [3.63, 3.8) is 0 Å². The van der Waals surface area contributed by atoms with E-state index in [9.17, 15) is 4.79 Å². The van der Waals surface area contributed by atoms with Gasteiger partial charge in [-0.1, -0.05) is 0 Å². The average Bonchev–Trinajstić information content (AvgIpc) is 2.74. The molecule has 2 N–H and O–H groups in total. The molecule has 2 aromatic rings. The molecule has 0 amide bonds. The molecule has 2 rings (SSSR count). The summed E-state index contributed by atoms with van der Waals surface area (Å²) in [5.41, 5.74) is 0. The highest BCUT2D eigenvalue weighted by Crippen LogP contribution is 2.01. The molecule has 0 spiro atoms. The molecule has 2 heterocycles. The molecule has 0 bridgehead atoms. The van der Waals surface area contributed by atoms with Gasteiger partial charge in [0.1, 0.15) is 0 Å². The van der Waals surface area contributed by atoms with Gasteiger partial charge in [0.15, 0.2) is 0 Å². The lowest BCUT2D eigenvalue weighted by Crippen LogP contribution is -2.11. The van der Waals surface area contributed by atoms with Gasteiger partial charge in [0, 0.05) is 24.8 Å². The van der Waals surface area contributed by atoms with Crippen LogP contribution in [0.5, 0.6) is 6.01 Å². The van der Waals surface area contributed by atoms with Crippen molar-refractivity contribution in [1.29, 1.82) is 0 Å². The SMILES string of the molecule is O=C(Oc1ncc[nH]1)c1ncc[nH]1. The van der Waals surface area contributed by atoms with Crippen LogP contribution < -0.4 is 4.74 Å². The van der Waals surface area contributed by atoms with Gasteiger partial charge in [0.2, 0.25) is 5.82 Å². The van der Waals surface area contributed by atoms with Crippen molar-refractivity contribution in [2.45, 2.75) is 0 Å². The fourth-order valence-corrected chi connectivity index (χ4v) is 0.820. The third-order valence-corrected chi connectivity index (χ3v) is 1.35. The largest absolute Gasteiger partial charge is 0.386 e. The molecule has 0 aliphatic heterocycles. The predicted octanol–water partition coefficient (Wildman–Crippen LogP) is 0.352. The zero-order chi connectivity index (χ0) is 9.10. The summed E-state index contributed by atoms with van der Waals surface area (Å²) in [5, 5.41) is 0. The normalized spacial score (nSPS) is 9.85. The van der Waals surface area contributed by atoms with E-state index in [4.69, 9.17) is 4.74 Å². The fourth-order valence-electron chi connectivity index (χ4n) is 0.820. The lowest BCUT2D eigenvalue weighted by atomic mass is 10.6. The van der Waals surface area contributed by atoms with Crippen LogP contribution in [0.4, 0.5) is 0 Å². The molecule has 0 aliphatic rings. The topological polar surface area (TPSA) is 83.7 Å². The van der Waals surface area contributed by atoms with Crippen LogP contribution in [0.3, 0.4) is 0 Å². The molecule has 13 heavy (non-hydrogen) atoms. The highest BCUT2D eigenvalue weighted by atomic mass is 16.5. The Balaban J connectivity index is 2.08. The highest BCUT2D eigenvalue weighted by Gasteiger charge is 2.11. The summed E-state index contributed by atoms with van der Waals surface area (Å²) in [6.07, 6.45) is 6.06. The predicted molar refractivity (Wildman–Crippen MR) is 42.1 cm³/mol. The van der Waals surface area contributed by atoms with Crippen molar-refractivity contribution in [3.8, 4) is 6.01 Å². The maximum atomic E-state index is 11.2. The molecule has 0 radical (unpaired) electrons. The van der Waals surface area contributed by atoms with Crippen LogP contribution in [0.1, 0.15) is 10.6 Å². The Kier molecular flexibility index (Phi) is 1.79. The van der Waals surface area contributed by atoms with Gasteiger partial charge in [0.25, 0.3) is 0 Å². The minimum Gasteiger partial charge on any atom is -0.386 e. The number of carbonyl (C=O) groups excluding carboxylic acids is 1. The Morgan fingerprint density at radius 1 is 1.23 bits per heavy atom. The first-order valence-corrected chi connectivity index (χ1v) is 3.57. The van der Waals surface area contributed by atoms with Gasteiger partial charge < -0.3 is 14.7 Å². The molecular weight excluding hydrogens is 172 g/mol. The van der Waals surface area contributed by atoms with E-state index in [0.29, 0.717) is 0 Å². The number of aromatic nitrogens is 4. The quantitative estimate of drug-likeness (QED) is 0.650. The second kappa shape index (κ2) is 3.10. The number of nitrogens with zero attached hydrogens (tertiary/aromatic N) is 2. The van der Waals surface area contributed by atoms with Crippen molar-refractivity contribution in [3.05, 3.63) is 30.6 Å². The number of rotatable bonds is 2. The maximum Gasteiger partial charge on any atom is 0.382 e. The molecule has 6 heteroatoms. The van der Waals surface area contributed by atoms with Gasteiger partial charge in [-0.05, 0) is 0 Å². The van der Waals surface area contributed by atoms with E-state index >= 15 is 0 Å². The van der Waals surface area contributed by atoms with Crippen molar-refractivity contribution < 1.29 is 9.53 Å². The summed E-state index contributed by atoms with van der Waals surface area (Å²) < 4.78 is 4.80. The first-order chi connectivity index (χ1) is 6.36. The molecular formula is C7H6N4O2. The number of esters is 1. The Morgan fingerprint density at radius 3 is 2.62 bits per heavy atom. The van der Waals surface area contributed by atoms with Crippen molar-refractivity contribution in [2.75, 3.05) is 0 Å². The first-order valence-electron chi connectivity index (χ1n) is 3.57. The van der Waals surface area contributed by atoms with Crippen LogP contribution in [0, 0.1) is 0 Å². The Labute approximate surface area is 73.0 Å². The zero-order valence-electron chi connectivity index (χ0n) is 6.52. The Morgan fingerprint density at radius 2 is 2.00 bits per heavy atom. The number of carbonyl (C=O) groups is 1. The summed E-state index contributed by atoms with van der Waals surface area (Å²) >= 11 is 0. The van der Waals surface area contributed by atoms with Gasteiger partial charge in [-0.2, -0.15) is 0 Å². The number of H-pyrrole nitrogens is 2. The van der Waals surface area contributed by atoms with Crippen molar-refractivity contribution in [1.82, 2.24) is 19.9 Å². The van der Waals surface area contributed by atoms with Crippen LogP contribution in [-0.4, -0.2) is 25.9 Å². The zero-order valence-corrected chi connectivity index (χ0v) is 6.52. The van der Waals surface area contributed by atoms with Crippen molar-refractivity contribution >= 4 is 5.97 Å². The molecule has 6 nitrogen and oxygen atoms in total. The van der Waals surface area contributed by atoms with Gasteiger partial charge in [-0.15, -0.1) is 0 Å². The Hall–Kier alpha value is -2.11. The number of nitrogens with one attached hydrogen (secondary N) is 2. The maximum absolute atomic E-state index is 11.2. The van der Waals surface area contributed by atoms with Crippen LogP contribution >= 0.6 is 0 Å². The smallest absolute Gasteiger partial charge is 0.382 e. The molecule has 0 unspecified atom stereocenters. The molecule has 0 saturated carbocycles. The minimum atomic E-state index is -0.569. The van der Waals surface area contributed by atoms with Gasteiger partial charge >= 0.3 is 12.0 Å². The second-order valence-electron chi connectivity index (χ2n) is 2.22. The van der Waals surface area contributed by atoms with Gasteiger partial charge in [-0.3, -0.25) is 0 Å². The Bertz CT molecular complexity index is 379. The molecule has 66 valence electrons. The van der Waals surface area contributed by atoms with E-state index in [1.807, 2.05) is 0 Å². The van der Waals surface area contributed by atoms with Crippen LogP contribution in [0.15, 0.2) is 24.8 Å². The van der Waals surface area contributed by atoms with E-state index in [1.165, 1.54) is 12.4 Å². The highest BCUT2D eigenvalue weighted by molar-refractivity contribution is 5.86. The summed E-state index contributed by atoms with van der Waals surface area (Å²) in [7, 11) is 0. The fraction of sp³-hybridized carbons (Fsp3) is 0. The number of aromatic amines is 2.